The number of hydrogen-bond acceptors (Lipinski definition) is 4. The minimum absolute atomic E-state index is 0.158. The molecule has 0 amide bonds. The number of hydrogen-bond donors (Lipinski definition) is 4. The van der Waals surface area contributed by atoms with Gasteiger partial charge in [0, 0.05) is 6.54 Å². The average Bonchev–Trinajstić information content (AvgIpc) is 2.16. The molecule has 0 unspecified atom stereocenters. The number of carboxylic acids is 1. The maximum Gasteiger partial charge on any atom is 0.335 e. The van der Waals surface area contributed by atoms with Crippen molar-refractivity contribution in [2.45, 2.75) is 0 Å². The molecule has 1 aromatic rings. The largest absolute Gasteiger partial charge is 0.507 e. The third-order valence-corrected chi connectivity index (χ3v) is 1.80. The van der Waals surface area contributed by atoms with Gasteiger partial charge in [0.25, 0.3) is 0 Å². The van der Waals surface area contributed by atoms with Crippen molar-refractivity contribution in [2.75, 3.05) is 6.54 Å². The Morgan fingerprint density at radius 2 is 1.87 bits per heavy atom. The van der Waals surface area contributed by atoms with Crippen LogP contribution in [0, 0.1) is 0 Å². The molecule has 0 radical (unpaired) electrons. The molecule has 0 spiro atoms. The molecule has 5 heteroatoms. The summed E-state index contributed by atoms with van der Waals surface area (Å²) in [5.74, 6) is -1.80. The summed E-state index contributed by atoms with van der Waals surface area (Å²) >= 11 is 0. The maximum atomic E-state index is 10.6. The SMILES string of the molecule is NCC=Cc1c(O)cc(C(=O)O)cc1O. The van der Waals surface area contributed by atoms with Gasteiger partial charge in [0.05, 0.1) is 11.1 Å². The number of aromatic hydroxyl groups is 2. The monoisotopic (exact) mass is 209 g/mol. The molecule has 1 aromatic carbocycles. The minimum Gasteiger partial charge on any atom is -0.507 e. The van der Waals surface area contributed by atoms with Crippen LogP contribution in [0.15, 0.2) is 18.2 Å². The topological polar surface area (TPSA) is 104 Å². The second-order valence-corrected chi connectivity index (χ2v) is 2.87. The summed E-state index contributed by atoms with van der Waals surface area (Å²) in [6.45, 7) is 0.263. The summed E-state index contributed by atoms with van der Waals surface area (Å²) in [7, 11) is 0. The number of phenols is 2. The van der Waals surface area contributed by atoms with Crippen LogP contribution in [0.3, 0.4) is 0 Å². The first kappa shape index (κ1) is 11.1. The smallest absolute Gasteiger partial charge is 0.335 e. The maximum absolute atomic E-state index is 10.6. The standard InChI is InChI=1S/C10H11NO4/c11-3-1-2-7-8(12)4-6(10(14)15)5-9(7)13/h1-2,4-5,12-13H,3,11H2,(H,14,15). The molecule has 5 N–H and O–H groups in total. The van der Waals surface area contributed by atoms with E-state index in [9.17, 15) is 15.0 Å². The lowest BCUT2D eigenvalue weighted by molar-refractivity contribution is 0.0696. The molecular weight excluding hydrogens is 198 g/mol. The first-order chi connectivity index (χ1) is 7.06. The molecule has 0 bridgehead atoms. The molecular formula is C10H11NO4. The molecule has 0 heterocycles. The van der Waals surface area contributed by atoms with Crippen LogP contribution in [-0.4, -0.2) is 27.8 Å². The molecule has 0 saturated carbocycles. The minimum atomic E-state index is -1.21. The molecule has 0 aliphatic heterocycles. The Hall–Kier alpha value is -2.01. The summed E-state index contributed by atoms with van der Waals surface area (Å²) in [4.78, 5) is 10.6. The van der Waals surface area contributed by atoms with E-state index in [2.05, 4.69) is 0 Å². The van der Waals surface area contributed by atoms with E-state index in [4.69, 9.17) is 10.8 Å². The van der Waals surface area contributed by atoms with Crippen LogP contribution >= 0.6 is 0 Å². The molecule has 0 aromatic heterocycles. The molecule has 0 atom stereocenters. The number of phenolic OH excluding ortho intramolecular Hbond substituents is 2. The van der Waals surface area contributed by atoms with E-state index in [0.717, 1.165) is 12.1 Å². The fraction of sp³-hybridized carbons (Fsp3) is 0.100. The number of carbonyl (C=O) groups is 1. The molecule has 5 nitrogen and oxygen atoms in total. The van der Waals surface area contributed by atoms with Crippen LogP contribution in [0.2, 0.25) is 0 Å². The van der Waals surface area contributed by atoms with Crippen molar-refractivity contribution in [2.24, 2.45) is 5.73 Å². The van der Waals surface area contributed by atoms with E-state index in [0.29, 0.717) is 0 Å². The summed E-state index contributed by atoms with van der Waals surface area (Å²) < 4.78 is 0. The van der Waals surface area contributed by atoms with E-state index in [1.165, 1.54) is 12.2 Å². The van der Waals surface area contributed by atoms with Gasteiger partial charge in [-0.05, 0) is 12.1 Å². The highest BCUT2D eigenvalue weighted by molar-refractivity contribution is 5.89. The number of carboxylic acid groups (broad SMARTS) is 1. The van der Waals surface area contributed by atoms with Gasteiger partial charge in [0.15, 0.2) is 0 Å². The van der Waals surface area contributed by atoms with Crippen LogP contribution in [0.4, 0.5) is 0 Å². The van der Waals surface area contributed by atoms with Crippen molar-refractivity contribution in [3.8, 4) is 11.5 Å². The summed E-state index contributed by atoms with van der Waals surface area (Å²) in [6.07, 6.45) is 2.96. The molecule has 80 valence electrons. The molecule has 0 aliphatic rings. The highest BCUT2D eigenvalue weighted by Crippen LogP contribution is 2.29. The lowest BCUT2D eigenvalue weighted by atomic mass is 10.1. The first-order valence-electron chi connectivity index (χ1n) is 4.22. The normalized spacial score (nSPS) is 10.7. The Balaban J connectivity index is 3.21. The van der Waals surface area contributed by atoms with Gasteiger partial charge in [-0.1, -0.05) is 12.2 Å². The predicted octanol–water partition coefficient (Wildman–Crippen LogP) is 0.768. The fourth-order valence-electron chi connectivity index (χ4n) is 1.10. The second kappa shape index (κ2) is 4.47. The van der Waals surface area contributed by atoms with Crippen molar-refractivity contribution in [3.63, 3.8) is 0 Å². The van der Waals surface area contributed by atoms with Gasteiger partial charge in [0.1, 0.15) is 11.5 Å². The zero-order valence-corrected chi connectivity index (χ0v) is 7.84. The summed E-state index contributed by atoms with van der Waals surface area (Å²) in [6, 6.07) is 2.14. The first-order valence-corrected chi connectivity index (χ1v) is 4.22. The Kier molecular flexibility index (Phi) is 3.30. The van der Waals surface area contributed by atoms with E-state index < -0.39 is 5.97 Å². The van der Waals surface area contributed by atoms with Crippen molar-refractivity contribution >= 4 is 12.0 Å². The highest BCUT2D eigenvalue weighted by atomic mass is 16.4. The highest BCUT2D eigenvalue weighted by Gasteiger charge is 2.11. The second-order valence-electron chi connectivity index (χ2n) is 2.87. The Morgan fingerprint density at radius 3 is 2.27 bits per heavy atom. The summed E-state index contributed by atoms with van der Waals surface area (Å²) in [5.41, 5.74) is 5.20. The van der Waals surface area contributed by atoms with Gasteiger partial charge < -0.3 is 21.1 Å². The van der Waals surface area contributed by atoms with Crippen LogP contribution < -0.4 is 5.73 Å². The molecule has 0 aliphatic carbocycles. The molecule has 1 rings (SSSR count). The molecule has 15 heavy (non-hydrogen) atoms. The van der Waals surface area contributed by atoms with Gasteiger partial charge in [0.2, 0.25) is 0 Å². The van der Waals surface area contributed by atoms with Crippen molar-refractivity contribution in [1.82, 2.24) is 0 Å². The average molecular weight is 209 g/mol. The zero-order valence-electron chi connectivity index (χ0n) is 7.84. The predicted molar refractivity (Wildman–Crippen MR) is 54.8 cm³/mol. The quantitative estimate of drug-likeness (QED) is 0.588. The summed E-state index contributed by atoms with van der Waals surface area (Å²) in [5, 5.41) is 27.5. The van der Waals surface area contributed by atoms with Crippen molar-refractivity contribution < 1.29 is 20.1 Å². The number of rotatable bonds is 3. The van der Waals surface area contributed by atoms with Crippen molar-refractivity contribution in [3.05, 3.63) is 29.3 Å². The molecule has 0 fully saturated rings. The van der Waals surface area contributed by atoms with Gasteiger partial charge in [-0.15, -0.1) is 0 Å². The Morgan fingerprint density at radius 1 is 1.33 bits per heavy atom. The molecule has 0 saturated heterocycles. The van der Waals surface area contributed by atoms with E-state index in [1.807, 2.05) is 0 Å². The third kappa shape index (κ3) is 2.47. The Labute approximate surface area is 86.1 Å². The third-order valence-electron chi connectivity index (χ3n) is 1.80. The zero-order chi connectivity index (χ0) is 11.4. The van der Waals surface area contributed by atoms with Gasteiger partial charge in [-0.25, -0.2) is 4.79 Å². The number of nitrogens with two attached hydrogens (primary N) is 1. The van der Waals surface area contributed by atoms with E-state index >= 15 is 0 Å². The lowest BCUT2D eigenvalue weighted by Gasteiger charge is -2.04. The van der Waals surface area contributed by atoms with Crippen molar-refractivity contribution in [1.29, 1.82) is 0 Å². The van der Waals surface area contributed by atoms with Gasteiger partial charge in [-0.3, -0.25) is 0 Å². The van der Waals surface area contributed by atoms with E-state index in [-0.39, 0.29) is 29.2 Å². The number of benzene rings is 1. The van der Waals surface area contributed by atoms with Crippen LogP contribution in [0.1, 0.15) is 15.9 Å². The van der Waals surface area contributed by atoms with Gasteiger partial charge >= 0.3 is 5.97 Å². The van der Waals surface area contributed by atoms with Crippen LogP contribution in [0.25, 0.3) is 6.08 Å². The van der Waals surface area contributed by atoms with Gasteiger partial charge in [-0.2, -0.15) is 0 Å². The van der Waals surface area contributed by atoms with E-state index in [1.54, 1.807) is 0 Å². The van der Waals surface area contributed by atoms with Crippen LogP contribution in [-0.2, 0) is 0 Å². The fourth-order valence-corrected chi connectivity index (χ4v) is 1.10. The number of aromatic carboxylic acids is 1. The lowest BCUT2D eigenvalue weighted by Crippen LogP contribution is -1.96. The Bertz CT molecular complexity index is 389. The van der Waals surface area contributed by atoms with Crippen LogP contribution in [0.5, 0.6) is 11.5 Å².